The summed E-state index contributed by atoms with van der Waals surface area (Å²) in [6.45, 7) is 3.90. The van der Waals surface area contributed by atoms with Gasteiger partial charge in [0.25, 0.3) is 0 Å². The van der Waals surface area contributed by atoms with Crippen molar-refractivity contribution in [3.63, 3.8) is 0 Å². The first-order valence-electron chi connectivity index (χ1n) is 8.02. The first kappa shape index (κ1) is 23.8. The van der Waals surface area contributed by atoms with E-state index >= 15 is 0 Å². The number of quaternary nitrogens is 1. The number of carbonyl (C=O) groups excluding carboxylic acids is 1. The fourth-order valence-corrected chi connectivity index (χ4v) is 6.15. The fraction of sp³-hybridized carbons (Fsp3) is 0.412. The number of nitrogens with zero attached hydrogens (tertiary/aromatic N) is 2. The first-order valence-corrected chi connectivity index (χ1v) is 11.3. The standard InChI is InChI=1S/C17H19Cl3F2IN3O2/c1-17(2,7-10-12(19)5-9(18)6-13(10)20)23-26(28-4)16(27)11-8-25(3)24-14(11)15(21)22/h5-6,8,15,26H,7H2,1-4H3. The normalized spacial score (nSPS) is 13.4. The summed E-state index contributed by atoms with van der Waals surface area (Å²) in [7, 11) is 2.85. The van der Waals surface area contributed by atoms with Gasteiger partial charge in [0.15, 0.2) is 0 Å². The van der Waals surface area contributed by atoms with E-state index in [1.54, 1.807) is 12.1 Å². The molecule has 1 N–H and O–H groups in total. The predicted molar refractivity (Wildman–Crippen MR) is 99.7 cm³/mol. The Labute approximate surface area is 187 Å². The predicted octanol–water partition coefficient (Wildman–Crippen LogP) is 0.930. The monoisotopic (exact) mass is 567 g/mol. The van der Waals surface area contributed by atoms with Crippen molar-refractivity contribution in [3.8, 4) is 0 Å². The van der Waals surface area contributed by atoms with Gasteiger partial charge >= 0.3 is 188 Å². The van der Waals surface area contributed by atoms with Crippen molar-refractivity contribution in [1.82, 2.24) is 9.78 Å². The molecule has 0 aliphatic heterocycles. The molecule has 0 fully saturated rings. The van der Waals surface area contributed by atoms with Crippen molar-refractivity contribution in [2.45, 2.75) is 30.1 Å². The molecule has 1 heterocycles. The second kappa shape index (κ2) is 9.53. The summed E-state index contributed by atoms with van der Waals surface area (Å²) in [6, 6.07) is 3.21. The van der Waals surface area contributed by atoms with Crippen molar-refractivity contribution in [2.75, 3.05) is 7.11 Å². The van der Waals surface area contributed by atoms with E-state index in [1.165, 1.54) is 25.0 Å². The third kappa shape index (κ3) is 5.76. The quantitative estimate of drug-likeness (QED) is 0.234. The van der Waals surface area contributed by atoms with E-state index in [-0.39, 0.29) is 8.84 Å². The van der Waals surface area contributed by atoms with Crippen molar-refractivity contribution < 1.29 is 43.2 Å². The van der Waals surface area contributed by atoms with Crippen molar-refractivity contribution >= 4 is 40.7 Å². The molecule has 0 aliphatic carbocycles. The number of carbonyl (C=O) groups is 1. The Morgan fingerprint density at radius 1 is 1.32 bits per heavy atom. The Hall–Kier alpha value is -0.520. The van der Waals surface area contributed by atoms with Crippen LogP contribution in [0.4, 0.5) is 8.78 Å². The Morgan fingerprint density at radius 2 is 1.89 bits per heavy atom. The van der Waals surface area contributed by atoms with E-state index in [1.807, 2.05) is 13.8 Å². The molecule has 11 heteroatoms. The molecule has 2 rings (SSSR count). The molecule has 0 radical (unpaired) electrons. The van der Waals surface area contributed by atoms with Crippen molar-refractivity contribution in [2.24, 2.45) is 7.05 Å². The maximum atomic E-state index is 13.2. The zero-order chi connectivity index (χ0) is 21.2. The summed E-state index contributed by atoms with van der Waals surface area (Å²) in [5.74, 6) is -0.569. The molecule has 0 spiro atoms. The van der Waals surface area contributed by atoms with Gasteiger partial charge in [0, 0.05) is 0 Å². The Kier molecular flexibility index (Phi) is 8.08. The third-order valence-electron chi connectivity index (χ3n) is 3.71. The van der Waals surface area contributed by atoms with Crippen LogP contribution in [-0.4, -0.2) is 26.2 Å². The molecule has 1 aromatic heterocycles. The van der Waals surface area contributed by atoms with Gasteiger partial charge in [-0.15, -0.1) is 0 Å². The molecule has 0 bridgehead atoms. The van der Waals surface area contributed by atoms with Crippen LogP contribution in [0, 0.1) is 0 Å². The number of benzene rings is 1. The van der Waals surface area contributed by atoms with Gasteiger partial charge in [-0.05, 0) is 0 Å². The molecule has 1 atom stereocenters. The van der Waals surface area contributed by atoms with Crippen molar-refractivity contribution in [3.05, 3.63) is 50.2 Å². The Bertz CT molecular complexity index is 854. The van der Waals surface area contributed by atoms with E-state index in [4.69, 9.17) is 39.6 Å². The molecule has 1 amide bonds. The SMILES string of the molecule is CO[NH+]([I-]C(C)(C)Cc1c(Cl)cc(Cl)cc1Cl)C(=O)c1cn(C)nc1C(F)F. The minimum absolute atomic E-state index is 0.146. The molecule has 0 saturated heterocycles. The second-order valence-corrected chi connectivity index (χ2v) is 12.2. The minimum atomic E-state index is -2.85. The fourth-order valence-electron chi connectivity index (χ4n) is 2.55. The number of aryl methyl sites for hydroxylation is 1. The average molecular weight is 569 g/mol. The molecule has 0 aliphatic rings. The molecule has 1 unspecified atom stereocenters. The van der Waals surface area contributed by atoms with E-state index < -0.39 is 42.9 Å². The number of halogens is 6. The number of aromatic nitrogens is 2. The van der Waals surface area contributed by atoms with E-state index in [9.17, 15) is 13.6 Å². The van der Waals surface area contributed by atoms with Crippen LogP contribution in [0.15, 0.2) is 18.3 Å². The average Bonchev–Trinajstić information content (AvgIpc) is 2.97. The summed E-state index contributed by atoms with van der Waals surface area (Å²) in [5.41, 5.74) is 0.0232. The first-order chi connectivity index (χ1) is 12.9. The van der Waals surface area contributed by atoms with E-state index in [0.29, 0.717) is 21.5 Å². The van der Waals surface area contributed by atoms with Crippen LogP contribution >= 0.6 is 34.8 Å². The zero-order valence-corrected chi connectivity index (χ0v) is 19.9. The molecule has 5 nitrogen and oxygen atoms in total. The number of hydrogen-bond acceptors (Lipinski definition) is 3. The van der Waals surface area contributed by atoms with Crippen LogP contribution in [0.5, 0.6) is 0 Å². The van der Waals surface area contributed by atoms with Gasteiger partial charge in [-0.1, -0.05) is 0 Å². The molecule has 28 heavy (non-hydrogen) atoms. The van der Waals surface area contributed by atoms with Crippen LogP contribution in [0.1, 0.15) is 41.9 Å². The summed E-state index contributed by atoms with van der Waals surface area (Å²) in [6.07, 6.45) is -1.09. The van der Waals surface area contributed by atoms with Gasteiger partial charge in [0.05, 0.1) is 0 Å². The van der Waals surface area contributed by atoms with Crippen LogP contribution in [-0.2, 0) is 18.3 Å². The van der Waals surface area contributed by atoms with Gasteiger partial charge in [0.2, 0.25) is 0 Å². The van der Waals surface area contributed by atoms with Gasteiger partial charge in [0.1, 0.15) is 0 Å². The van der Waals surface area contributed by atoms with Gasteiger partial charge in [-0.25, -0.2) is 0 Å². The molecular weight excluding hydrogens is 549 g/mol. The molecular formula is C17H19Cl3F2IN3O2. The Morgan fingerprint density at radius 3 is 2.39 bits per heavy atom. The van der Waals surface area contributed by atoms with Gasteiger partial charge in [-0.3, -0.25) is 0 Å². The number of hydroxylamine groups is 1. The topological polar surface area (TPSA) is 48.6 Å². The van der Waals surface area contributed by atoms with Crippen LogP contribution < -0.4 is 24.8 Å². The van der Waals surface area contributed by atoms with Crippen LogP contribution in [0.2, 0.25) is 15.1 Å². The third-order valence-corrected chi connectivity index (χ3v) is 7.87. The number of rotatable bonds is 7. The number of amides is 1. The molecule has 2 aromatic rings. The van der Waals surface area contributed by atoms with Gasteiger partial charge < -0.3 is 0 Å². The summed E-state index contributed by atoms with van der Waals surface area (Å²) >= 11 is 17.5. The van der Waals surface area contributed by atoms with E-state index in [0.717, 1.165) is 5.56 Å². The molecule has 1 aromatic carbocycles. The molecule has 156 valence electrons. The number of nitrogens with one attached hydrogen (secondary N) is 1. The summed E-state index contributed by atoms with van der Waals surface area (Å²) < 4.78 is 27.4. The second-order valence-electron chi connectivity index (χ2n) is 6.55. The van der Waals surface area contributed by atoms with Gasteiger partial charge in [-0.2, -0.15) is 0 Å². The zero-order valence-electron chi connectivity index (χ0n) is 15.5. The maximum absolute atomic E-state index is 13.2. The van der Waals surface area contributed by atoms with Crippen LogP contribution in [0.3, 0.4) is 0 Å². The Balaban J connectivity index is 2.25. The van der Waals surface area contributed by atoms with E-state index in [2.05, 4.69) is 5.10 Å². The summed E-state index contributed by atoms with van der Waals surface area (Å²) in [5, 5.41) is 4.99. The molecule has 0 saturated carbocycles. The number of alkyl halides is 3. The van der Waals surface area contributed by atoms with Crippen LogP contribution in [0.25, 0.3) is 0 Å². The van der Waals surface area contributed by atoms with Crippen molar-refractivity contribution in [1.29, 1.82) is 0 Å². The summed E-state index contributed by atoms with van der Waals surface area (Å²) in [4.78, 5) is 18.1. The number of hydrogen-bond donors (Lipinski definition) is 1.